The van der Waals surface area contributed by atoms with E-state index in [4.69, 9.17) is 4.74 Å². The summed E-state index contributed by atoms with van der Waals surface area (Å²) in [5.74, 6) is 1.12. The van der Waals surface area contributed by atoms with Gasteiger partial charge in [0.15, 0.2) is 0 Å². The van der Waals surface area contributed by atoms with E-state index in [1.165, 1.54) is 12.1 Å². The summed E-state index contributed by atoms with van der Waals surface area (Å²) in [5, 5.41) is 35.5. The van der Waals surface area contributed by atoms with E-state index in [0.29, 0.717) is 35.5 Å². The fraction of sp³-hybridized carbons (Fsp3) is 0.333. The Balaban J connectivity index is 0.00000280. The fourth-order valence-corrected chi connectivity index (χ4v) is 7.82. The molecule has 0 aliphatic carbocycles. The molecule has 1 aromatic heterocycles. The van der Waals surface area contributed by atoms with Crippen LogP contribution < -0.4 is 20.5 Å². The smallest absolute Gasteiger partial charge is 0.412 e. The maximum absolute atomic E-state index is 12.9. The zero-order valence-electron chi connectivity index (χ0n) is 30.0. The number of fused-ring (bicyclic) bond motifs is 4. The van der Waals surface area contributed by atoms with Crippen molar-refractivity contribution in [2.45, 2.75) is 50.8 Å². The number of halogens is 2. The Morgan fingerprint density at radius 2 is 1.72 bits per heavy atom. The van der Waals surface area contributed by atoms with Gasteiger partial charge in [0.1, 0.15) is 11.5 Å². The Morgan fingerprint density at radius 1 is 0.926 bits per heavy atom. The molecule has 0 spiro atoms. The number of aliphatic hydroxyl groups is 1. The van der Waals surface area contributed by atoms with Crippen LogP contribution >= 0.6 is 0 Å². The number of aromatic hydroxyl groups is 1. The number of carboxylic acid groups (broad SMARTS) is 1. The molecule has 3 aliphatic rings. The lowest BCUT2D eigenvalue weighted by Crippen LogP contribution is -2.59. The number of ether oxygens (including phenoxy) is 1. The van der Waals surface area contributed by atoms with Crippen LogP contribution in [-0.4, -0.2) is 70.1 Å². The van der Waals surface area contributed by atoms with E-state index in [1.54, 1.807) is 17.0 Å². The highest BCUT2D eigenvalue weighted by Gasteiger charge is 2.40. The second-order valence-electron chi connectivity index (χ2n) is 14.0. The minimum Gasteiger partial charge on any atom is -0.506 e. The summed E-state index contributed by atoms with van der Waals surface area (Å²) in [4.78, 5) is 31.3. The van der Waals surface area contributed by atoms with Gasteiger partial charge in [0.05, 0.1) is 30.0 Å². The molecule has 2 atom stereocenters. The number of aromatic amines is 1. The predicted molar refractivity (Wildman–Crippen MR) is 208 cm³/mol. The molecule has 5 aromatic rings. The van der Waals surface area contributed by atoms with Crippen LogP contribution in [0.3, 0.4) is 0 Å². The van der Waals surface area contributed by atoms with Gasteiger partial charge < -0.3 is 35.3 Å². The van der Waals surface area contributed by atoms with E-state index in [1.807, 2.05) is 54.6 Å². The number of nitrogens with zero attached hydrogens (tertiary/aromatic N) is 2. The summed E-state index contributed by atoms with van der Waals surface area (Å²) in [6.45, 7) is 4.25. The zero-order chi connectivity index (χ0) is 36.0. The first kappa shape index (κ1) is 39.9. The Kier molecular flexibility index (Phi) is 13.4. The summed E-state index contributed by atoms with van der Waals surface area (Å²) in [7, 11) is 0. The van der Waals surface area contributed by atoms with Gasteiger partial charge in [-0.2, -0.15) is 0 Å². The molecule has 0 saturated carbocycles. The number of pyridine rings is 1. The number of unbranched alkanes of at least 4 members (excludes halogenated alkanes) is 1. The van der Waals surface area contributed by atoms with Crippen LogP contribution in [-0.2, 0) is 13.0 Å². The number of hydrogen-bond acceptors (Lipinski definition) is 7. The quantitative estimate of drug-likeness (QED) is 0.0767. The fourth-order valence-electron chi connectivity index (χ4n) is 7.82. The van der Waals surface area contributed by atoms with E-state index in [2.05, 4.69) is 33.4 Å². The zero-order valence-corrected chi connectivity index (χ0v) is 30.0. The highest BCUT2D eigenvalue weighted by molar-refractivity contribution is 5.94. The molecule has 5 N–H and O–H groups in total. The number of anilines is 1. The van der Waals surface area contributed by atoms with Crippen LogP contribution in [0.25, 0.3) is 22.0 Å². The number of nitrogens with one attached hydrogen (secondary N) is 2. The monoisotopic (exact) mass is 742 g/mol. The average molecular weight is 743 g/mol. The van der Waals surface area contributed by atoms with E-state index >= 15 is 0 Å². The topological polar surface area (TPSA) is 138 Å². The van der Waals surface area contributed by atoms with Crippen molar-refractivity contribution >= 4 is 22.7 Å². The highest BCUT2D eigenvalue weighted by Crippen LogP contribution is 2.39. The predicted octanol–water partition coefficient (Wildman–Crippen LogP) is 7.01. The first-order valence-corrected chi connectivity index (χ1v) is 18.2. The number of carbonyl (C=O) groups is 1. The number of phenolic OH excluding ortho intramolecular Hbond substituents is 1. The van der Waals surface area contributed by atoms with Crippen molar-refractivity contribution in [2.75, 3.05) is 37.7 Å². The lowest BCUT2D eigenvalue weighted by molar-refractivity contribution is 0.0837. The first-order valence-electron chi connectivity index (χ1n) is 18.2. The standard InChI is InChI=1S/C42H46N4O6.2FH/c47-38-16-14-34(35-15-17-40(49)44-41(35)38)39(48)26-43-25-29-8-6-11-32(23-29)52-22-5-4-7-28-12-13-33(30-9-2-1-3-10-30)36(24-28)46(42(50)51)37-27-45-20-18-31(37)19-21-45;;/h1-3,6,8-17,23-24,31,37,39,43,47-48H,4-5,7,18-22,25-27H2,(H,44,49)(H,50,51);2*1H/t37-,39-;;/m0../s1. The molecule has 286 valence electrons. The van der Waals surface area contributed by atoms with Gasteiger partial charge in [0.2, 0.25) is 5.56 Å². The van der Waals surface area contributed by atoms with Gasteiger partial charge >= 0.3 is 6.09 Å². The summed E-state index contributed by atoms with van der Waals surface area (Å²) in [6.07, 6.45) is 2.92. The third-order valence-corrected chi connectivity index (χ3v) is 10.5. The normalized spacial score (nSPS) is 18.0. The SMILES string of the molecule is F.F.O=C(O)N(c1cc(CCCCOc2cccc(CNC[C@H](O)c3ccc(O)c4[nH]c(=O)ccc34)c2)ccc1-c1ccccc1)[C@H]1CN2CCC1CC2. The third kappa shape index (κ3) is 9.07. The molecule has 4 aromatic carbocycles. The lowest BCUT2D eigenvalue weighted by atomic mass is 9.82. The van der Waals surface area contributed by atoms with Crippen molar-refractivity contribution < 1.29 is 34.3 Å². The van der Waals surface area contributed by atoms with Crippen molar-refractivity contribution in [1.29, 1.82) is 0 Å². The molecular formula is C42H48F2N4O6. The van der Waals surface area contributed by atoms with E-state index in [0.717, 1.165) is 85.4 Å². The number of H-pyrrole nitrogens is 1. The highest BCUT2D eigenvalue weighted by atomic mass is 19.0. The number of hydrogen-bond donors (Lipinski definition) is 5. The molecule has 0 radical (unpaired) electrons. The number of piperidine rings is 3. The van der Waals surface area contributed by atoms with Crippen LogP contribution in [0.15, 0.2) is 102 Å². The third-order valence-electron chi connectivity index (χ3n) is 10.5. The molecule has 1 amide bonds. The molecule has 3 fully saturated rings. The van der Waals surface area contributed by atoms with Gasteiger partial charge in [-0.1, -0.05) is 60.7 Å². The van der Waals surface area contributed by atoms with Crippen molar-refractivity contribution in [3.05, 3.63) is 124 Å². The molecule has 54 heavy (non-hydrogen) atoms. The summed E-state index contributed by atoms with van der Waals surface area (Å²) < 4.78 is 6.11. The van der Waals surface area contributed by atoms with Gasteiger partial charge in [0, 0.05) is 36.7 Å². The van der Waals surface area contributed by atoms with Crippen LogP contribution in [0.5, 0.6) is 11.5 Å². The van der Waals surface area contributed by atoms with Crippen molar-refractivity contribution in [2.24, 2.45) is 5.92 Å². The molecule has 3 aliphatic heterocycles. The van der Waals surface area contributed by atoms with Crippen LogP contribution in [0, 0.1) is 5.92 Å². The molecule has 10 nitrogen and oxygen atoms in total. The molecule has 12 heteroatoms. The van der Waals surface area contributed by atoms with E-state index < -0.39 is 12.2 Å². The molecule has 3 saturated heterocycles. The molecule has 0 unspecified atom stereocenters. The Labute approximate surface area is 312 Å². The van der Waals surface area contributed by atoms with Gasteiger partial charge in [0.25, 0.3) is 0 Å². The summed E-state index contributed by atoms with van der Waals surface area (Å²) >= 11 is 0. The van der Waals surface area contributed by atoms with Gasteiger partial charge in [-0.15, -0.1) is 0 Å². The molecule has 4 heterocycles. The van der Waals surface area contributed by atoms with Gasteiger partial charge in [-0.05, 0) is 104 Å². The Hall–Kier alpha value is -5.30. The summed E-state index contributed by atoms with van der Waals surface area (Å²) in [6, 6.07) is 30.3. The van der Waals surface area contributed by atoms with Crippen LogP contribution in [0.2, 0.25) is 0 Å². The maximum atomic E-state index is 12.9. The van der Waals surface area contributed by atoms with Crippen molar-refractivity contribution in [3.63, 3.8) is 0 Å². The lowest BCUT2D eigenvalue weighted by Gasteiger charge is -2.48. The number of aliphatic hydroxyl groups excluding tert-OH is 1. The largest absolute Gasteiger partial charge is 0.506 e. The minimum atomic E-state index is -0.889. The van der Waals surface area contributed by atoms with Crippen LogP contribution in [0.1, 0.15) is 48.5 Å². The Morgan fingerprint density at radius 3 is 2.46 bits per heavy atom. The number of aromatic nitrogens is 1. The second kappa shape index (κ2) is 18.2. The number of rotatable bonds is 14. The number of benzene rings is 4. The molecule has 8 rings (SSSR count). The van der Waals surface area contributed by atoms with Crippen LogP contribution in [0.4, 0.5) is 19.9 Å². The number of amides is 1. The van der Waals surface area contributed by atoms with Crippen molar-refractivity contribution in [3.8, 4) is 22.6 Å². The first-order chi connectivity index (χ1) is 25.3. The molecular weight excluding hydrogens is 694 g/mol. The summed E-state index contributed by atoms with van der Waals surface area (Å²) in [5.41, 5.74) is 5.48. The van der Waals surface area contributed by atoms with Gasteiger partial charge in [-0.25, -0.2) is 4.79 Å². The van der Waals surface area contributed by atoms with E-state index in [-0.39, 0.29) is 33.3 Å². The van der Waals surface area contributed by atoms with Gasteiger partial charge in [-0.3, -0.25) is 19.1 Å². The Bertz CT molecular complexity index is 2070. The minimum absolute atomic E-state index is 0. The average Bonchev–Trinajstić information content (AvgIpc) is 3.16. The van der Waals surface area contributed by atoms with Crippen molar-refractivity contribution in [1.82, 2.24) is 15.2 Å². The second-order valence-corrected chi connectivity index (χ2v) is 14.0. The maximum Gasteiger partial charge on any atom is 0.412 e. The number of phenols is 1. The number of aryl methyl sites for hydroxylation is 1. The van der Waals surface area contributed by atoms with E-state index in [9.17, 15) is 24.9 Å². The molecule has 2 bridgehead atoms.